The highest BCUT2D eigenvalue weighted by molar-refractivity contribution is 7.92. The summed E-state index contributed by atoms with van der Waals surface area (Å²) in [7, 11) is -4.18. The van der Waals surface area contributed by atoms with E-state index >= 15 is 0 Å². The topological polar surface area (TPSA) is 46.2 Å². The van der Waals surface area contributed by atoms with Crippen LogP contribution in [0.25, 0.3) is 0 Å². The van der Waals surface area contributed by atoms with Crippen molar-refractivity contribution in [1.29, 1.82) is 0 Å². The molecule has 2 rings (SSSR count). The van der Waals surface area contributed by atoms with Crippen LogP contribution in [0.3, 0.4) is 0 Å². The molecule has 0 aliphatic heterocycles. The number of aryl methyl sites for hydroxylation is 1. The first-order chi connectivity index (χ1) is 9.72. The molecule has 0 saturated heterocycles. The summed E-state index contributed by atoms with van der Waals surface area (Å²) in [5.74, 6) is -4.77. The van der Waals surface area contributed by atoms with Crippen molar-refractivity contribution in [1.82, 2.24) is 0 Å². The predicted octanol–water partition coefficient (Wildman–Crippen LogP) is 3.87. The number of sulfonamides is 1. The van der Waals surface area contributed by atoms with Crippen molar-refractivity contribution in [2.75, 3.05) is 4.72 Å². The lowest BCUT2D eigenvalue weighted by molar-refractivity contribution is 0.449. The highest BCUT2D eigenvalue weighted by atomic mass is 35.5. The average molecular weight is 336 g/mol. The third-order valence-corrected chi connectivity index (χ3v) is 4.46. The Morgan fingerprint density at radius 3 is 2.38 bits per heavy atom. The van der Waals surface area contributed by atoms with Crippen molar-refractivity contribution in [2.24, 2.45) is 0 Å². The minimum absolute atomic E-state index is 0.173. The number of hydrogen-bond acceptors (Lipinski definition) is 2. The Bertz CT molecular complexity index is 809. The molecule has 0 atom stereocenters. The molecule has 0 saturated carbocycles. The van der Waals surface area contributed by atoms with E-state index in [0.29, 0.717) is 11.6 Å². The van der Waals surface area contributed by atoms with E-state index in [-0.39, 0.29) is 9.92 Å². The monoisotopic (exact) mass is 335 g/mol. The first kappa shape index (κ1) is 15.7. The Labute approximate surface area is 124 Å². The van der Waals surface area contributed by atoms with E-state index in [4.69, 9.17) is 11.6 Å². The second-order valence-electron chi connectivity index (χ2n) is 4.24. The molecule has 2 aromatic carbocycles. The summed E-state index contributed by atoms with van der Waals surface area (Å²) in [5, 5.41) is 0.173. The van der Waals surface area contributed by atoms with Crippen LogP contribution in [-0.4, -0.2) is 8.42 Å². The molecule has 0 heterocycles. The lowest BCUT2D eigenvalue weighted by Gasteiger charge is -2.11. The Morgan fingerprint density at radius 1 is 1.05 bits per heavy atom. The fourth-order valence-electron chi connectivity index (χ4n) is 1.67. The maximum Gasteiger partial charge on any atom is 0.262 e. The lowest BCUT2D eigenvalue weighted by Crippen LogP contribution is -2.16. The van der Waals surface area contributed by atoms with Crippen LogP contribution in [0, 0.1) is 24.4 Å². The van der Waals surface area contributed by atoms with Crippen molar-refractivity contribution in [3.63, 3.8) is 0 Å². The van der Waals surface area contributed by atoms with E-state index in [1.54, 1.807) is 0 Å². The van der Waals surface area contributed by atoms with E-state index in [1.165, 1.54) is 25.1 Å². The van der Waals surface area contributed by atoms with Crippen LogP contribution in [0.1, 0.15) is 5.56 Å². The summed E-state index contributed by atoms with van der Waals surface area (Å²) in [5.41, 5.74) is -0.317. The Hall–Kier alpha value is -1.73. The summed E-state index contributed by atoms with van der Waals surface area (Å²) in [6.07, 6.45) is 0. The maximum atomic E-state index is 13.5. The predicted molar refractivity (Wildman–Crippen MR) is 73.3 cm³/mol. The molecular weight excluding hydrogens is 327 g/mol. The minimum Gasteiger partial charge on any atom is -0.277 e. The molecule has 0 unspecified atom stereocenters. The second kappa shape index (κ2) is 5.57. The zero-order valence-electron chi connectivity index (χ0n) is 10.6. The standard InChI is InChI=1S/C13H9ClF3NO2S/c1-7-2-3-8(14)6-11(7)21(19,20)18-10-5-4-9(15)12(16)13(10)17/h2-6,18H,1H3. The molecule has 21 heavy (non-hydrogen) atoms. The Kier molecular flexibility index (Phi) is 4.15. The van der Waals surface area contributed by atoms with Crippen molar-refractivity contribution in [2.45, 2.75) is 11.8 Å². The fraction of sp³-hybridized carbons (Fsp3) is 0.0769. The first-order valence-electron chi connectivity index (χ1n) is 5.65. The third-order valence-electron chi connectivity index (χ3n) is 2.72. The van der Waals surface area contributed by atoms with Crippen molar-refractivity contribution in [3.05, 3.63) is 58.4 Å². The van der Waals surface area contributed by atoms with Crippen LogP contribution in [0.15, 0.2) is 35.2 Å². The molecule has 0 amide bonds. The van der Waals surface area contributed by atoms with Crippen LogP contribution >= 0.6 is 11.6 Å². The van der Waals surface area contributed by atoms with Gasteiger partial charge in [-0.2, -0.15) is 0 Å². The van der Waals surface area contributed by atoms with Gasteiger partial charge in [-0.05, 0) is 36.8 Å². The zero-order valence-corrected chi connectivity index (χ0v) is 12.2. The molecule has 112 valence electrons. The summed E-state index contributed by atoms with van der Waals surface area (Å²) >= 11 is 5.73. The summed E-state index contributed by atoms with van der Waals surface area (Å²) < 4.78 is 65.7. The second-order valence-corrected chi connectivity index (χ2v) is 6.33. The molecule has 0 aliphatic rings. The van der Waals surface area contributed by atoms with Gasteiger partial charge < -0.3 is 0 Å². The molecule has 0 spiro atoms. The van der Waals surface area contributed by atoms with Gasteiger partial charge in [0, 0.05) is 5.02 Å². The quantitative estimate of drug-likeness (QED) is 0.866. The Morgan fingerprint density at radius 2 is 1.71 bits per heavy atom. The average Bonchev–Trinajstić information content (AvgIpc) is 2.42. The molecule has 2 aromatic rings. The lowest BCUT2D eigenvalue weighted by atomic mass is 10.2. The number of anilines is 1. The van der Waals surface area contributed by atoms with Crippen molar-refractivity contribution >= 4 is 27.3 Å². The number of benzene rings is 2. The van der Waals surface area contributed by atoms with Gasteiger partial charge in [0.25, 0.3) is 10.0 Å². The normalized spacial score (nSPS) is 11.5. The SMILES string of the molecule is Cc1ccc(Cl)cc1S(=O)(=O)Nc1ccc(F)c(F)c1F. The molecule has 3 nitrogen and oxygen atoms in total. The molecule has 1 N–H and O–H groups in total. The van der Waals surface area contributed by atoms with Gasteiger partial charge in [0.05, 0.1) is 10.6 Å². The number of halogens is 4. The van der Waals surface area contributed by atoms with Crippen molar-refractivity contribution in [3.8, 4) is 0 Å². The smallest absolute Gasteiger partial charge is 0.262 e. The first-order valence-corrected chi connectivity index (χ1v) is 7.51. The Balaban J connectivity index is 2.47. The largest absolute Gasteiger partial charge is 0.277 e. The number of rotatable bonds is 3. The van der Waals surface area contributed by atoms with Gasteiger partial charge in [-0.25, -0.2) is 21.6 Å². The van der Waals surface area contributed by atoms with E-state index in [0.717, 1.165) is 6.07 Å². The van der Waals surface area contributed by atoms with E-state index in [2.05, 4.69) is 0 Å². The van der Waals surface area contributed by atoms with Gasteiger partial charge in [-0.3, -0.25) is 4.72 Å². The number of nitrogens with one attached hydrogen (secondary N) is 1. The molecule has 0 aliphatic carbocycles. The van der Waals surface area contributed by atoms with E-state index in [9.17, 15) is 21.6 Å². The van der Waals surface area contributed by atoms with Gasteiger partial charge in [0.2, 0.25) is 0 Å². The van der Waals surface area contributed by atoms with Crippen molar-refractivity contribution < 1.29 is 21.6 Å². The molecule has 8 heteroatoms. The molecular formula is C13H9ClF3NO2S. The summed E-state index contributed by atoms with van der Waals surface area (Å²) in [6.45, 7) is 1.52. The summed E-state index contributed by atoms with van der Waals surface area (Å²) in [6, 6.07) is 5.57. The van der Waals surface area contributed by atoms with E-state index in [1.807, 2.05) is 4.72 Å². The van der Waals surface area contributed by atoms with Gasteiger partial charge in [-0.15, -0.1) is 0 Å². The summed E-state index contributed by atoms with van der Waals surface area (Å²) in [4.78, 5) is -0.181. The third kappa shape index (κ3) is 3.14. The molecule has 0 fully saturated rings. The van der Waals surface area contributed by atoms with Gasteiger partial charge in [0.15, 0.2) is 17.5 Å². The number of hydrogen-bond donors (Lipinski definition) is 1. The van der Waals surface area contributed by atoms with Crippen LogP contribution in [0.5, 0.6) is 0 Å². The van der Waals surface area contributed by atoms with Gasteiger partial charge in [-0.1, -0.05) is 17.7 Å². The van der Waals surface area contributed by atoms with E-state index < -0.39 is 33.2 Å². The molecule has 0 aromatic heterocycles. The highest BCUT2D eigenvalue weighted by Crippen LogP contribution is 2.25. The van der Waals surface area contributed by atoms with Crippen LogP contribution < -0.4 is 4.72 Å². The van der Waals surface area contributed by atoms with Crippen LogP contribution in [-0.2, 0) is 10.0 Å². The van der Waals surface area contributed by atoms with Crippen LogP contribution in [0.2, 0.25) is 5.02 Å². The van der Waals surface area contributed by atoms with Crippen LogP contribution in [0.4, 0.5) is 18.9 Å². The fourth-order valence-corrected chi connectivity index (χ4v) is 3.24. The zero-order chi connectivity index (χ0) is 15.8. The van der Waals surface area contributed by atoms with Gasteiger partial charge in [0.1, 0.15) is 0 Å². The maximum absolute atomic E-state index is 13.5. The molecule has 0 bridgehead atoms. The van der Waals surface area contributed by atoms with Gasteiger partial charge >= 0.3 is 0 Å². The highest BCUT2D eigenvalue weighted by Gasteiger charge is 2.21. The minimum atomic E-state index is -4.18. The molecule has 0 radical (unpaired) electrons.